The monoisotopic (exact) mass is 431 g/mol. The average molecular weight is 431 g/mol. The maximum absolute atomic E-state index is 12.8. The van der Waals surface area contributed by atoms with E-state index in [1.807, 2.05) is 6.07 Å². The second-order valence-electron chi connectivity index (χ2n) is 8.30. The van der Waals surface area contributed by atoms with E-state index in [-0.39, 0.29) is 30.7 Å². The standard InChI is InChI=1S/C23H24F3N3O2/c1-29-12-16-11-28-22(31)19-10-15(5-6-18(19)20(16)13-29)21(30)27-8-7-14-3-2-4-17(9-14)23(24,25)26/h2-6,9-10,16,20H,7-8,11-13H2,1H3,(H,27,30)(H,28,31)/t16-,20-/m1/s1. The summed E-state index contributed by atoms with van der Waals surface area (Å²) in [5.41, 5.74) is 1.64. The van der Waals surface area contributed by atoms with Crippen LogP contribution in [0.25, 0.3) is 0 Å². The Labute approximate surface area is 178 Å². The third-order valence-corrected chi connectivity index (χ3v) is 6.06. The molecule has 8 heteroatoms. The Morgan fingerprint density at radius 3 is 2.77 bits per heavy atom. The molecule has 2 aliphatic rings. The predicted octanol–water partition coefficient (Wildman–Crippen LogP) is 3.07. The number of fused-ring (bicyclic) bond motifs is 3. The number of nitrogens with zero attached hydrogens (tertiary/aromatic N) is 1. The normalized spacial score (nSPS) is 21.1. The van der Waals surface area contributed by atoms with Gasteiger partial charge in [-0.2, -0.15) is 13.2 Å². The number of carbonyl (C=O) groups excluding carboxylic acids is 2. The van der Waals surface area contributed by atoms with Gasteiger partial charge in [0.2, 0.25) is 0 Å². The van der Waals surface area contributed by atoms with Crippen molar-refractivity contribution in [1.29, 1.82) is 0 Å². The first-order valence-corrected chi connectivity index (χ1v) is 10.3. The van der Waals surface area contributed by atoms with Crippen molar-refractivity contribution in [2.75, 3.05) is 33.2 Å². The number of halogens is 3. The summed E-state index contributed by atoms with van der Waals surface area (Å²) in [4.78, 5) is 27.4. The van der Waals surface area contributed by atoms with E-state index in [1.165, 1.54) is 6.07 Å². The van der Waals surface area contributed by atoms with Crippen LogP contribution in [0.15, 0.2) is 42.5 Å². The molecule has 2 amide bonds. The van der Waals surface area contributed by atoms with Gasteiger partial charge in [0.25, 0.3) is 11.8 Å². The molecule has 2 aromatic rings. The van der Waals surface area contributed by atoms with Gasteiger partial charge in [-0.3, -0.25) is 9.59 Å². The van der Waals surface area contributed by atoms with Gasteiger partial charge in [-0.1, -0.05) is 24.3 Å². The summed E-state index contributed by atoms with van der Waals surface area (Å²) in [6.07, 6.45) is -4.12. The fourth-order valence-electron chi connectivity index (χ4n) is 4.51. The Balaban J connectivity index is 1.44. The fourth-order valence-corrected chi connectivity index (χ4v) is 4.51. The van der Waals surface area contributed by atoms with Crippen LogP contribution in [0, 0.1) is 5.92 Å². The Morgan fingerprint density at radius 2 is 2.00 bits per heavy atom. The summed E-state index contributed by atoms with van der Waals surface area (Å²) in [5, 5.41) is 5.69. The molecule has 2 heterocycles. The molecular formula is C23H24F3N3O2. The summed E-state index contributed by atoms with van der Waals surface area (Å²) in [6, 6.07) is 10.3. The molecule has 1 fully saturated rings. The lowest BCUT2D eigenvalue weighted by Gasteiger charge is -2.17. The zero-order valence-corrected chi connectivity index (χ0v) is 17.1. The third kappa shape index (κ3) is 4.58. The number of alkyl halides is 3. The van der Waals surface area contributed by atoms with Crippen LogP contribution >= 0.6 is 0 Å². The molecule has 2 aliphatic heterocycles. The number of likely N-dealkylation sites (N-methyl/N-ethyl adjacent to an activating group) is 1. The highest BCUT2D eigenvalue weighted by molar-refractivity contribution is 6.01. The predicted molar refractivity (Wildman–Crippen MR) is 110 cm³/mol. The highest BCUT2D eigenvalue weighted by Gasteiger charge is 2.37. The van der Waals surface area contributed by atoms with Gasteiger partial charge in [0.15, 0.2) is 0 Å². The van der Waals surface area contributed by atoms with Crippen molar-refractivity contribution in [2.24, 2.45) is 5.92 Å². The van der Waals surface area contributed by atoms with Gasteiger partial charge in [0.05, 0.1) is 5.56 Å². The SMILES string of the molecule is CN1C[C@H]2CNC(=O)c3cc(C(=O)NCCc4cccc(C(F)(F)F)c4)ccc3[C@@H]2C1. The van der Waals surface area contributed by atoms with Gasteiger partial charge in [-0.25, -0.2) is 0 Å². The van der Waals surface area contributed by atoms with E-state index in [1.54, 1.807) is 18.2 Å². The molecule has 164 valence electrons. The number of benzene rings is 2. The van der Waals surface area contributed by atoms with Crippen LogP contribution < -0.4 is 10.6 Å². The summed E-state index contributed by atoms with van der Waals surface area (Å²) in [6.45, 7) is 2.59. The van der Waals surface area contributed by atoms with Crippen molar-refractivity contribution in [1.82, 2.24) is 15.5 Å². The van der Waals surface area contributed by atoms with Crippen LogP contribution in [0.2, 0.25) is 0 Å². The Hall–Kier alpha value is -2.87. The van der Waals surface area contributed by atoms with Gasteiger partial charge in [0.1, 0.15) is 0 Å². The molecule has 5 nitrogen and oxygen atoms in total. The maximum Gasteiger partial charge on any atom is 0.416 e. The maximum atomic E-state index is 12.8. The van der Waals surface area contributed by atoms with Crippen molar-refractivity contribution >= 4 is 11.8 Å². The largest absolute Gasteiger partial charge is 0.416 e. The van der Waals surface area contributed by atoms with Crippen LogP contribution in [0.5, 0.6) is 0 Å². The molecule has 0 aromatic heterocycles. The lowest BCUT2D eigenvalue weighted by molar-refractivity contribution is -0.137. The molecule has 2 atom stereocenters. The van der Waals surface area contributed by atoms with Gasteiger partial charge in [-0.15, -0.1) is 0 Å². The van der Waals surface area contributed by atoms with Gasteiger partial charge in [0, 0.05) is 43.2 Å². The highest BCUT2D eigenvalue weighted by atomic mass is 19.4. The van der Waals surface area contributed by atoms with Crippen molar-refractivity contribution in [3.63, 3.8) is 0 Å². The number of likely N-dealkylation sites (tertiary alicyclic amines) is 1. The van der Waals surface area contributed by atoms with Crippen LogP contribution in [0.1, 0.15) is 43.3 Å². The summed E-state index contributed by atoms with van der Waals surface area (Å²) >= 11 is 0. The van der Waals surface area contributed by atoms with Crippen LogP contribution in [-0.2, 0) is 12.6 Å². The molecule has 0 aliphatic carbocycles. The van der Waals surface area contributed by atoms with Crippen LogP contribution in [0.4, 0.5) is 13.2 Å². The molecule has 0 radical (unpaired) electrons. The zero-order valence-electron chi connectivity index (χ0n) is 17.1. The minimum atomic E-state index is -4.39. The quantitative estimate of drug-likeness (QED) is 0.782. The van der Waals surface area contributed by atoms with E-state index in [0.29, 0.717) is 29.2 Å². The molecule has 31 heavy (non-hydrogen) atoms. The van der Waals surface area contributed by atoms with Gasteiger partial charge >= 0.3 is 6.18 Å². The number of hydrogen-bond donors (Lipinski definition) is 2. The lowest BCUT2D eigenvalue weighted by Crippen LogP contribution is -2.29. The number of nitrogens with one attached hydrogen (secondary N) is 2. The molecule has 2 aromatic carbocycles. The van der Waals surface area contributed by atoms with E-state index in [2.05, 4.69) is 22.6 Å². The van der Waals surface area contributed by atoms with Crippen LogP contribution in [0.3, 0.4) is 0 Å². The van der Waals surface area contributed by atoms with E-state index < -0.39 is 11.7 Å². The Morgan fingerprint density at radius 1 is 1.19 bits per heavy atom. The van der Waals surface area contributed by atoms with E-state index >= 15 is 0 Å². The number of hydrogen-bond acceptors (Lipinski definition) is 3. The van der Waals surface area contributed by atoms with Crippen molar-refractivity contribution < 1.29 is 22.8 Å². The number of carbonyl (C=O) groups is 2. The second kappa shape index (κ2) is 8.34. The molecule has 0 bridgehead atoms. The summed E-state index contributed by atoms with van der Waals surface area (Å²) < 4.78 is 38.5. The lowest BCUT2D eigenvalue weighted by atomic mass is 9.86. The Bertz CT molecular complexity index is 1010. The minimum absolute atomic E-state index is 0.175. The number of rotatable bonds is 4. The summed E-state index contributed by atoms with van der Waals surface area (Å²) in [5.74, 6) is 0.0666. The zero-order chi connectivity index (χ0) is 22.2. The minimum Gasteiger partial charge on any atom is -0.352 e. The first-order valence-electron chi connectivity index (χ1n) is 10.3. The second-order valence-corrected chi connectivity index (χ2v) is 8.30. The molecule has 0 saturated carbocycles. The average Bonchev–Trinajstić information content (AvgIpc) is 3.06. The van der Waals surface area contributed by atoms with Crippen molar-refractivity contribution in [3.05, 3.63) is 70.3 Å². The Kier molecular flexibility index (Phi) is 5.75. The van der Waals surface area contributed by atoms with E-state index in [4.69, 9.17) is 0 Å². The molecule has 0 spiro atoms. The van der Waals surface area contributed by atoms with Gasteiger partial charge < -0.3 is 15.5 Å². The highest BCUT2D eigenvalue weighted by Crippen LogP contribution is 2.35. The van der Waals surface area contributed by atoms with Crippen molar-refractivity contribution in [2.45, 2.75) is 18.5 Å². The molecule has 2 N–H and O–H groups in total. The smallest absolute Gasteiger partial charge is 0.352 e. The number of amides is 2. The van der Waals surface area contributed by atoms with Crippen molar-refractivity contribution in [3.8, 4) is 0 Å². The third-order valence-electron chi connectivity index (χ3n) is 6.06. The summed E-state index contributed by atoms with van der Waals surface area (Å²) in [7, 11) is 2.06. The fraction of sp³-hybridized carbons (Fsp3) is 0.391. The van der Waals surface area contributed by atoms with Crippen LogP contribution in [-0.4, -0.2) is 49.9 Å². The van der Waals surface area contributed by atoms with E-state index in [0.717, 1.165) is 30.8 Å². The first kappa shape index (κ1) is 21.4. The van der Waals surface area contributed by atoms with Gasteiger partial charge in [-0.05, 0) is 48.7 Å². The molecule has 0 unspecified atom stereocenters. The van der Waals surface area contributed by atoms with E-state index in [9.17, 15) is 22.8 Å². The molecular weight excluding hydrogens is 407 g/mol. The molecule has 1 saturated heterocycles. The molecule has 4 rings (SSSR count). The topological polar surface area (TPSA) is 61.4 Å². The first-order chi connectivity index (χ1) is 14.7.